The van der Waals surface area contributed by atoms with E-state index in [1.54, 1.807) is 0 Å². The second kappa shape index (κ2) is 6.92. The topological polar surface area (TPSA) is 21.7 Å². The van der Waals surface area contributed by atoms with Gasteiger partial charge in [0.25, 0.3) is 0 Å². The lowest BCUT2D eigenvalue weighted by molar-refractivity contribution is 0.0358. The third-order valence-corrected chi connectivity index (χ3v) is 3.96. The van der Waals surface area contributed by atoms with E-state index in [0.29, 0.717) is 0 Å². The molecule has 1 aliphatic rings. The number of ether oxygens (including phenoxy) is 2. The number of aryl methyl sites for hydroxylation is 1. The van der Waals surface area contributed by atoms with Crippen molar-refractivity contribution in [3.63, 3.8) is 0 Å². The SMILES string of the molecule is Cc1ccc2ccc(OCCCN3CCOCC3)cc2c1. The van der Waals surface area contributed by atoms with E-state index in [4.69, 9.17) is 9.47 Å². The molecule has 0 aliphatic carbocycles. The Morgan fingerprint density at radius 1 is 1.05 bits per heavy atom. The summed E-state index contributed by atoms with van der Waals surface area (Å²) in [6.07, 6.45) is 1.06. The fourth-order valence-corrected chi connectivity index (χ4v) is 2.74. The first-order valence-corrected chi connectivity index (χ1v) is 7.74. The summed E-state index contributed by atoms with van der Waals surface area (Å²) in [4.78, 5) is 2.44. The Labute approximate surface area is 126 Å². The lowest BCUT2D eigenvalue weighted by Crippen LogP contribution is -2.37. The number of hydrogen-bond donors (Lipinski definition) is 0. The first-order valence-electron chi connectivity index (χ1n) is 7.74. The second-order valence-electron chi connectivity index (χ2n) is 5.67. The first kappa shape index (κ1) is 14.4. The Balaban J connectivity index is 1.50. The molecule has 0 amide bonds. The molecule has 3 rings (SSSR count). The molecule has 0 unspecified atom stereocenters. The molecule has 0 saturated carbocycles. The molecule has 21 heavy (non-hydrogen) atoms. The van der Waals surface area contributed by atoms with Gasteiger partial charge in [-0.2, -0.15) is 0 Å². The minimum absolute atomic E-state index is 0.772. The van der Waals surface area contributed by atoms with Gasteiger partial charge >= 0.3 is 0 Å². The zero-order valence-electron chi connectivity index (χ0n) is 12.7. The lowest BCUT2D eigenvalue weighted by Gasteiger charge is -2.26. The predicted molar refractivity (Wildman–Crippen MR) is 86.1 cm³/mol. The van der Waals surface area contributed by atoms with E-state index in [1.165, 1.54) is 16.3 Å². The summed E-state index contributed by atoms with van der Waals surface area (Å²) in [6, 6.07) is 12.8. The Kier molecular flexibility index (Phi) is 4.73. The van der Waals surface area contributed by atoms with Crippen LogP contribution < -0.4 is 4.74 Å². The van der Waals surface area contributed by atoms with Crippen molar-refractivity contribution >= 4 is 10.8 Å². The lowest BCUT2D eigenvalue weighted by atomic mass is 10.1. The van der Waals surface area contributed by atoms with E-state index >= 15 is 0 Å². The van der Waals surface area contributed by atoms with Gasteiger partial charge in [0, 0.05) is 19.6 Å². The van der Waals surface area contributed by atoms with Gasteiger partial charge in [-0.25, -0.2) is 0 Å². The van der Waals surface area contributed by atoms with Gasteiger partial charge in [0.2, 0.25) is 0 Å². The maximum absolute atomic E-state index is 5.89. The van der Waals surface area contributed by atoms with E-state index in [2.05, 4.69) is 48.2 Å². The van der Waals surface area contributed by atoms with Crippen LogP contribution in [0.2, 0.25) is 0 Å². The van der Waals surface area contributed by atoms with Gasteiger partial charge in [-0.15, -0.1) is 0 Å². The van der Waals surface area contributed by atoms with Crippen LogP contribution in [0.25, 0.3) is 10.8 Å². The molecule has 2 aromatic rings. The van der Waals surface area contributed by atoms with Crippen LogP contribution in [0.15, 0.2) is 36.4 Å². The van der Waals surface area contributed by atoms with Crippen molar-refractivity contribution in [3.8, 4) is 5.75 Å². The molecular weight excluding hydrogens is 262 g/mol. The molecule has 1 aliphatic heterocycles. The Bertz CT molecular complexity index is 591. The predicted octanol–water partition coefficient (Wildman–Crippen LogP) is 3.25. The monoisotopic (exact) mass is 285 g/mol. The number of hydrogen-bond acceptors (Lipinski definition) is 3. The third-order valence-electron chi connectivity index (χ3n) is 3.96. The van der Waals surface area contributed by atoms with Crippen molar-refractivity contribution < 1.29 is 9.47 Å². The minimum Gasteiger partial charge on any atom is -0.494 e. The molecule has 1 heterocycles. The van der Waals surface area contributed by atoms with Crippen LogP contribution in [0.4, 0.5) is 0 Å². The van der Waals surface area contributed by atoms with Gasteiger partial charge in [-0.1, -0.05) is 29.8 Å². The van der Waals surface area contributed by atoms with Gasteiger partial charge in [0.05, 0.1) is 19.8 Å². The summed E-state index contributed by atoms with van der Waals surface area (Å²) in [5.74, 6) is 0.968. The molecule has 1 saturated heterocycles. The quantitative estimate of drug-likeness (QED) is 0.787. The number of morpholine rings is 1. The van der Waals surface area contributed by atoms with E-state index in [-0.39, 0.29) is 0 Å². The Morgan fingerprint density at radius 3 is 2.71 bits per heavy atom. The van der Waals surface area contributed by atoms with Crippen molar-refractivity contribution in [2.75, 3.05) is 39.5 Å². The summed E-state index contributed by atoms with van der Waals surface area (Å²) in [5, 5.41) is 2.52. The van der Waals surface area contributed by atoms with E-state index in [9.17, 15) is 0 Å². The summed E-state index contributed by atoms with van der Waals surface area (Å²) in [6.45, 7) is 7.82. The van der Waals surface area contributed by atoms with Crippen molar-refractivity contribution in [2.24, 2.45) is 0 Å². The maximum Gasteiger partial charge on any atom is 0.119 e. The third kappa shape index (κ3) is 3.96. The first-order chi connectivity index (χ1) is 10.3. The van der Waals surface area contributed by atoms with Crippen LogP contribution in [0.3, 0.4) is 0 Å². The fourth-order valence-electron chi connectivity index (χ4n) is 2.74. The largest absolute Gasteiger partial charge is 0.494 e. The molecule has 112 valence electrons. The van der Waals surface area contributed by atoms with Gasteiger partial charge in [0.1, 0.15) is 5.75 Å². The smallest absolute Gasteiger partial charge is 0.119 e. The average Bonchev–Trinajstić information content (AvgIpc) is 2.52. The summed E-state index contributed by atoms with van der Waals surface area (Å²) >= 11 is 0. The normalized spacial score (nSPS) is 16.2. The molecule has 0 aromatic heterocycles. The maximum atomic E-state index is 5.89. The number of nitrogens with zero attached hydrogens (tertiary/aromatic N) is 1. The minimum atomic E-state index is 0.772. The highest BCUT2D eigenvalue weighted by molar-refractivity contribution is 5.84. The van der Waals surface area contributed by atoms with Crippen molar-refractivity contribution in [1.82, 2.24) is 4.90 Å². The van der Waals surface area contributed by atoms with Gasteiger partial charge in [-0.3, -0.25) is 4.90 Å². The molecular formula is C18H23NO2. The number of fused-ring (bicyclic) bond motifs is 1. The molecule has 0 N–H and O–H groups in total. The van der Waals surface area contributed by atoms with Crippen molar-refractivity contribution in [3.05, 3.63) is 42.0 Å². The van der Waals surface area contributed by atoms with E-state index < -0.39 is 0 Å². The van der Waals surface area contributed by atoms with Crippen LogP contribution >= 0.6 is 0 Å². The molecule has 3 heteroatoms. The van der Waals surface area contributed by atoms with Gasteiger partial charge in [-0.05, 0) is 36.2 Å². The highest BCUT2D eigenvalue weighted by atomic mass is 16.5. The van der Waals surface area contributed by atoms with Crippen molar-refractivity contribution in [2.45, 2.75) is 13.3 Å². The van der Waals surface area contributed by atoms with E-state index in [0.717, 1.165) is 51.6 Å². The van der Waals surface area contributed by atoms with Crippen LogP contribution in [0.1, 0.15) is 12.0 Å². The molecule has 0 bridgehead atoms. The summed E-state index contributed by atoms with van der Waals surface area (Å²) in [5.41, 5.74) is 1.28. The zero-order chi connectivity index (χ0) is 14.5. The molecule has 2 aromatic carbocycles. The Morgan fingerprint density at radius 2 is 1.86 bits per heavy atom. The van der Waals surface area contributed by atoms with Crippen LogP contribution in [-0.2, 0) is 4.74 Å². The second-order valence-corrected chi connectivity index (χ2v) is 5.67. The molecule has 0 atom stereocenters. The summed E-state index contributed by atoms with van der Waals surface area (Å²) < 4.78 is 11.2. The molecule has 3 nitrogen and oxygen atoms in total. The summed E-state index contributed by atoms with van der Waals surface area (Å²) in [7, 11) is 0. The van der Waals surface area contributed by atoms with Crippen LogP contribution in [-0.4, -0.2) is 44.4 Å². The van der Waals surface area contributed by atoms with Gasteiger partial charge in [0.15, 0.2) is 0 Å². The molecule has 1 fully saturated rings. The van der Waals surface area contributed by atoms with Crippen molar-refractivity contribution in [1.29, 1.82) is 0 Å². The molecule has 0 spiro atoms. The van der Waals surface area contributed by atoms with Crippen LogP contribution in [0.5, 0.6) is 5.75 Å². The highest BCUT2D eigenvalue weighted by Crippen LogP contribution is 2.22. The highest BCUT2D eigenvalue weighted by Gasteiger charge is 2.09. The Hall–Kier alpha value is -1.58. The number of benzene rings is 2. The number of rotatable bonds is 5. The van der Waals surface area contributed by atoms with Gasteiger partial charge < -0.3 is 9.47 Å². The standard InChI is InChI=1S/C18H23NO2/c1-15-3-4-16-5-6-18(14-17(16)13-15)21-10-2-7-19-8-11-20-12-9-19/h3-6,13-14H,2,7-12H2,1H3. The fraction of sp³-hybridized carbons (Fsp3) is 0.444. The molecule has 0 radical (unpaired) electrons. The van der Waals surface area contributed by atoms with E-state index in [1.807, 2.05) is 0 Å². The average molecular weight is 285 g/mol. The van der Waals surface area contributed by atoms with Crippen LogP contribution in [0, 0.1) is 6.92 Å². The zero-order valence-corrected chi connectivity index (χ0v) is 12.7.